The summed E-state index contributed by atoms with van der Waals surface area (Å²) in [6.07, 6.45) is 5.51. The molecule has 1 aliphatic rings. The number of amides is 2. The second-order valence-corrected chi connectivity index (χ2v) is 9.36. The van der Waals surface area contributed by atoms with Crippen LogP contribution in [-0.2, 0) is 28.9 Å². The molecule has 0 bridgehead atoms. The quantitative estimate of drug-likeness (QED) is 0.470. The molecule has 0 radical (unpaired) electrons. The van der Waals surface area contributed by atoms with Gasteiger partial charge in [-0.2, -0.15) is 0 Å². The van der Waals surface area contributed by atoms with Crippen LogP contribution in [0, 0.1) is 0 Å². The highest BCUT2D eigenvalue weighted by molar-refractivity contribution is 6.31. The third-order valence-electron chi connectivity index (χ3n) is 5.25. The second-order valence-electron chi connectivity index (χ2n) is 8.96. The largest absolute Gasteiger partial charge is 0.444 e. The third-order valence-corrected chi connectivity index (χ3v) is 5.62. The van der Waals surface area contributed by atoms with Crippen LogP contribution in [0.5, 0.6) is 0 Å². The van der Waals surface area contributed by atoms with Crippen molar-refractivity contribution < 1.29 is 14.3 Å². The summed E-state index contributed by atoms with van der Waals surface area (Å²) in [6.45, 7) is 7.31. The number of benzene rings is 2. The minimum atomic E-state index is -0.511. The van der Waals surface area contributed by atoms with Gasteiger partial charge in [0.15, 0.2) is 0 Å². The van der Waals surface area contributed by atoms with E-state index in [2.05, 4.69) is 5.32 Å². The van der Waals surface area contributed by atoms with Crippen molar-refractivity contribution in [2.24, 2.45) is 0 Å². The van der Waals surface area contributed by atoms with Crippen LogP contribution in [0.3, 0.4) is 0 Å². The molecule has 0 saturated carbocycles. The monoisotopic (exact) mass is 454 g/mol. The lowest BCUT2D eigenvalue weighted by molar-refractivity contribution is -0.116. The van der Waals surface area contributed by atoms with E-state index in [4.69, 9.17) is 16.3 Å². The first kappa shape index (κ1) is 23.9. The van der Waals surface area contributed by atoms with Gasteiger partial charge in [0.2, 0.25) is 5.91 Å². The molecular weight excluding hydrogens is 424 g/mol. The normalized spacial score (nSPS) is 13.7. The molecule has 2 aromatic carbocycles. The summed E-state index contributed by atoms with van der Waals surface area (Å²) in [4.78, 5) is 26.4. The van der Waals surface area contributed by atoms with E-state index in [1.54, 1.807) is 11.0 Å². The maximum absolute atomic E-state index is 12.4. The molecule has 0 spiro atoms. The number of hydrogen-bond donors (Lipinski definition) is 1. The minimum Gasteiger partial charge on any atom is -0.444 e. The van der Waals surface area contributed by atoms with E-state index in [9.17, 15) is 9.59 Å². The topological polar surface area (TPSA) is 58.6 Å². The van der Waals surface area contributed by atoms with E-state index in [0.29, 0.717) is 19.6 Å². The Balaban J connectivity index is 1.52. The van der Waals surface area contributed by atoms with E-state index < -0.39 is 5.60 Å². The molecule has 1 heterocycles. The molecule has 0 fully saturated rings. The van der Waals surface area contributed by atoms with Crippen LogP contribution >= 0.6 is 11.6 Å². The average Bonchev–Trinajstić information content (AvgIpc) is 2.74. The summed E-state index contributed by atoms with van der Waals surface area (Å²) in [5, 5.41) is 3.69. The van der Waals surface area contributed by atoms with Gasteiger partial charge >= 0.3 is 6.09 Å². The van der Waals surface area contributed by atoms with E-state index in [0.717, 1.165) is 41.0 Å². The van der Waals surface area contributed by atoms with Gasteiger partial charge in [-0.15, -0.1) is 0 Å². The molecule has 2 amide bonds. The summed E-state index contributed by atoms with van der Waals surface area (Å²) in [5.74, 6) is -0.118. The van der Waals surface area contributed by atoms with Crippen LogP contribution in [-0.4, -0.2) is 35.6 Å². The maximum atomic E-state index is 12.4. The van der Waals surface area contributed by atoms with Crippen molar-refractivity contribution >= 4 is 29.7 Å². The fourth-order valence-electron chi connectivity index (χ4n) is 3.69. The van der Waals surface area contributed by atoms with Crippen LogP contribution in [0.15, 0.2) is 48.5 Å². The SMILES string of the molecule is CC(C)(C)OC(=O)N1CCc2c(/C=C/C(=O)NCCCc3ccccc3Cl)cccc2C1. The first-order chi connectivity index (χ1) is 15.2. The summed E-state index contributed by atoms with van der Waals surface area (Å²) in [7, 11) is 0. The number of rotatable bonds is 6. The summed E-state index contributed by atoms with van der Waals surface area (Å²) < 4.78 is 5.50. The Morgan fingerprint density at radius 2 is 1.94 bits per heavy atom. The van der Waals surface area contributed by atoms with Crippen LogP contribution < -0.4 is 5.32 Å². The van der Waals surface area contributed by atoms with Gasteiger partial charge < -0.3 is 15.0 Å². The number of nitrogens with one attached hydrogen (secondary N) is 1. The van der Waals surface area contributed by atoms with Crippen molar-refractivity contribution in [2.45, 2.75) is 52.2 Å². The fraction of sp³-hybridized carbons (Fsp3) is 0.385. The Bertz CT molecular complexity index is 995. The van der Waals surface area contributed by atoms with Gasteiger partial charge in [0.1, 0.15) is 5.60 Å². The van der Waals surface area contributed by atoms with E-state index in [-0.39, 0.29) is 12.0 Å². The third kappa shape index (κ3) is 6.86. The Labute approximate surface area is 195 Å². The molecule has 2 aromatic rings. The van der Waals surface area contributed by atoms with E-state index >= 15 is 0 Å². The fourth-order valence-corrected chi connectivity index (χ4v) is 3.92. The van der Waals surface area contributed by atoms with Crippen LogP contribution in [0.25, 0.3) is 6.08 Å². The zero-order chi connectivity index (χ0) is 23.1. The van der Waals surface area contributed by atoms with Crippen molar-refractivity contribution in [1.29, 1.82) is 0 Å². The van der Waals surface area contributed by atoms with Crippen molar-refractivity contribution in [3.05, 3.63) is 75.8 Å². The molecule has 0 aromatic heterocycles. The van der Waals surface area contributed by atoms with Crippen molar-refractivity contribution in [2.75, 3.05) is 13.1 Å². The molecule has 170 valence electrons. The molecule has 0 aliphatic carbocycles. The predicted octanol–water partition coefficient (Wildman–Crippen LogP) is 5.40. The van der Waals surface area contributed by atoms with E-state index in [1.807, 2.05) is 69.3 Å². The summed E-state index contributed by atoms with van der Waals surface area (Å²) in [5.41, 5.74) is 3.86. The highest BCUT2D eigenvalue weighted by Gasteiger charge is 2.26. The molecular formula is C26H31ClN2O3. The van der Waals surface area contributed by atoms with E-state index in [1.165, 1.54) is 5.56 Å². The molecule has 3 rings (SSSR count). The number of nitrogens with zero attached hydrogens (tertiary/aromatic N) is 1. The Hall–Kier alpha value is -2.79. The van der Waals surface area contributed by atoms with Gasteiger partial charge in [-0.3, -0.25) is 4.79 Å². The Morgan fingerprint density at radius 1 is 1.16 bits per heavy atom. The Morgan fingerprint density at radius 3 is 2.69 bits per heavy atom. The number of aryl methyl sites for hydroxylation is 1. The number of halogens is 1. The number of carbonyl (C=O) groups excluding carboxylic acids is 2. The first-order valence-electron chi connectivity index (χ1n) is 11.0. The molecule has 0 unspecified atom stereocenters. The number of ether oxygens (including phenoxy) is 1. The molecule has 1 aliphatic heterocycles. The van der Waals surface area contributed by atoms with Gasteiger partial charge in [0.25, 0.3) is 0 Å². The molecule has 5 nitrogen and oxygen atoms in total. The van der Waals surface area contributed by atoms with Crippen molar-refractivity contribution in [3.8, 4) is 0 Å². The lowest BCUT2D eigenvalue weighted by atomic mass is 9.94. The molecule has 0 saturated heterocycles. The standard InChI is InChI=1S/C26H31ClN2O3/c1-26(2,3)32-25(31)29-17-15-22-19(9-6-10-21(22)18-29)13-14-24(30)28-16-7-11-20-8-4-5-12-23(20)27/h4-6,8-10,12-14H,7,11,15-18H2,1-3H3,(H,28,30)/b14-13+. The highest BCUT2D eigenvalue weighted by Crippen LogP contribution is 2.25. The van der Waals surface area contributed by atoms with Crippen LogP contribution in [0.1, 0.15) is 49.4 Å². The number of fused-ring (bicyclic) bond motifs is 1. The van der Waals surface area contributed by atoms with Gasteiger partial charge in [-0.25, -0.2) is 4.79 Å². The molecule has 1 N–H and O–H groups in total. The smallest absolute Gasteiger partial charge is 0.410 e. The van der Waals surface area contributed by atoms with Crippen LogP contribution in [0.4, 0.5) is 4.79 Å². The number of carbonyl (C=O) groups is 2. The molecule has 32 heavy (non-hydrogen) atoms. The zero-order valence-corrected chi connectivity index (χ0v) is 19.7. The van der Waals surface area contributed by atoms with Gasteiger partial charge in [0, 0.05) is 30.7 Å². The Kier molecular flexibility index (Phi) is 7.97. The lowest BCUT2D eigenvalue weighted by Crippen LogP contribution is -2.40. The molecule has 6 heteroatoms. The minimum absolute atomic E-state index is 0.118. The van der Waals surface area contributed by atoms with Gasteiger partial charge in [-0.1, -0.05) is 48.0 Å². The second kappa shape index (κ2) is 10.7. The van der Waals surface area contributed by atoms with Crippen LogP contribution in [0.2, 0.25) is 5.02 Å². The van der Waals surface area contributed by atoms with Gasteiger partial charge in [0.05, 0.1) is 0 Å². The highest BCUT2D eigenvalue weighted by atomic mass is 35.5. The van der Waals surface area contributed by atoms with Crippen molar-refractivity contribution in [3.63, 3.8) is 0 Å². The zero-order valence-electron chi connectivity index (χ0n) is 19.0. The predicted molar refractivity (Wildman–Crippen MR) is 129 cm³/mol. The first-order valence-corrected chi connectivity index (χ1v) is 11.4. The average molecular weight is 455 g/mol. The lowest BCUT2D eigenvalue weighted by Gasteiger charge is -2.31. The molecule has 0 atom stereocenters. The van der Waals surface area contributed by atoms with Gasteiger partial charge in [-0.05, 0) is 74.4 Å². The number of hydrogen-bond acceptors (Lipinski definition) is 3. The van der Waals surface area contributed by atoms with Crippen molar-refractivity contribution in [1.82, 2.24) is 10.2 Å². The summed E-state index contributed by atoms with van der Waals surface area (Å²) >= 11 is 6.17. The maximum Gasteiger partial charge on any atom is 0.410 e. The summed E-state index contributed by atoms with van der Waals surface area (Å²) in [6, 6.07) is 13.8.